The Morgan fingerprint density at radius 1 is 1.77 bits per heavy atom. The van der Waals surface area contributed by atoms with Crippen LogP contribution in [0, 0.1) is 12.3 Å². The maximum atomic E-state index is 5.45. The third kappa shape index (κ3) is 3.15. The lowest BCUT2D eigenvalue weighted by Gasteiger charge is -2.10. The molecule has 2 N–H and O–H groups in total. The van der Waals surface area contributed by atoms with Gasteiger partial charge in [0, 0.05) is 18.5 Å². The van der Waals surface area contributed by atoms with Gasteiger partial charge in [0.05, 0.1) is 12.2 Å². The highest BCUT2D eigenvalue weighted by molar-refractivity contribution is 7.09. The Morgan fingerprint density at radius 3 is 3.08 bits per heavy atom. The lowest BCUT2D eigenvalue weighted by atomic mass is 10.4. The molecule has 1 heterocycles. The molecule has 0 bridgehead atoms. The minimum absolute atomic E-state index is 0.517. The van der Waals surface area contributed by atoms with Gasteiger partial charge >= 0.3 is 0 Å². The molecule has 0 aromatic carbocycles. The molecule has 0 aliphatic carbocycles. The van der Waals surface area contributed by atoms with Crippen molar-refractivity contribution in [3.63, 3.8) is 0 Å². The second-order valence-corrected chi connectivity index (χ2v) is 3.76. The van der Waals surface area contributed by atoms with Crippen LogP contribution in [0.4, 0.5) is 0 Å². The molecule has 0 amide bonds. The van der Waals surface area contributed by atoms with E-state index in [9.17, 15) is 0 Å². The molecule has 0 atom stereocenters. The molecule has 0 unspecified atom stereocenters. The molecule has 0 fully saturated rings. The summed E-state index contributed by atoms with van der Waals surface area (Å²) in [6.45, 7) is 1.96. The zero-order valence-corrected chi connectivity index (χ0v) is 8.47. The summed E-state index contributed by atoms with van der Waals surface area (Å²) in [4.78, 5) is 6.37. The number of hydrogen-bond donors (Lipinski definition) is 1. The summed E-state index contributed by atoms with van der Waals surface area (Å²) in [5.74, 6) is 2.59. The molecule has 1 aromatic rings. The minimum Gasteiger partial charge on any atom is -0.325 e. The van der Waals surface area contributed by atoms with Crippen molar-refractivity contribution >= 4 is 11.3 Å². The predicted molar refractivity (Wildman–Crippen MR) is 55.2 cm³/mol. The fourth-order valence-electron chi connectivity index (χ4n) is 1.00. The van der Waals surface area contributed by atoms with Gasteiger partial charge in [0.1, 0.15) is 5.01 Å². The highest BCUT2D eigenvalue weighted by Crippen LogP contribution is 2.09. The highest BCUT2D eigenvalue weighted by atomic mass is 32.1. The van der Waals surface area contributed by atoms with Crippen molar-refractivity contribution in [2.24, 2.45) is 5.73 Å². The number of aromatic nitrogens is 1. The molecule has 0 saturated heterocycles. The average molecular weight is 195 g/mol. The number of rotatable bonds is 4. The van der Waals surface area contributed by atoms with Gasteiger partial charge in [-0.3, -0.25) is 4.90 Å². The highest BCUT2D eigenvalue weighted by Gasteiger charge is 2.02. The van der Waals surface area contributed by atoms with Gasteiger partial charge in [-0.25, -0.2) is 4.98 Å². The van der Waals surface area contributed by atoms with Crippen LogP contribution in [0.1, 0.15) is 10.7 Å². The largest absolute Gasteiger partial charge is 0.325 e. The maximum Gasteiger partial charge on any atom is 0.106 e. The third-order valence-electron chi connectivity index (χ3n) is 1.57. The van der Waals surface area contributed by atoms with Crippen LogP contribution in [0.25, 0.3) is 0 Å². The lowest BCUT2D eigenvalue weighted by Crippen LogP contribution is -2.18. The van der Waals surface area contributed by atoms with Crippen LogP contribution >= 0.6 is 11.3 Å². The molecular weight excluding hydrogens is 182 g/mol. The zero-order chi connectivity index (χ0) is 9.68. The molecule has 0 saturated carbocycles. The quantitative estimate of drug-likeness (QED) is 0.718. The molecule has 4 heteroatoms. The van der Waals surface area contributed by atoms with E-state index in [1.807, 2.05) is 17.3 Å². The molecule has 1 aromatic heterocycles. The molecule has 3 nitrogen and oxygen atoms in total. The van der Waals surface area contributed by atoms with E-state index in [0.29, 0.717) is 13.1 Å². The van der Waals surface area contributed by atoms with Gasteiger partial charge in [0.2, 0.25) is 0 Å². The first kappa shape index (κ1) is 10.2. The summed E-state index contributed by atoms with van der Waals surface area (Å²) in [6, 6.07) is 0. The number of nitrogens with zero attached hydrogens (tertiary/aromatic N) is 2. The molecule has 0 spiro atoms. The fraction of sp³-hybridized carbons (Fsp3) is 0.444. The third-order valence-corrected chi connectivity index (χ3v) is 2.49. The van der Waals surface area contributed by atoms with Crippen LogP contribution in [0.5, 0.6) is 0 Å². The lowest BCUT2D eigenvalue weighted by molar-refractivity contribution is 0.365. The Balaban J connectivity index is 2.49. The second-order valence-electron chi connectivity index (χ2n) is 2.81. The molecule has 0 aliphatic rings. The first-order valence-electron chi connectivity index (χ1n) is 4.01. The Labute approximate surface area is 82.6 Å². The van der Waals surface area contributed by atoms with Crippen LogP contribution in [-0.4, -0.2) is 23.5 Å². The van der Waals surface area contributed by atoms with Gasteiger partial charge in [-0.1, -0.05) is 5.92 Å². The monoisotopic (exact) mass is 195 g/mol. The number of thiazole rings is 1. The first-order chi connectivity index (χ1) is 6.26. The van der Waals surface area contributed by atoms with Gasteiger partial charge in [-0.15, -0.1) is 17.8 Å². The fourth-order valence-corrected chi connectivity index (χ4v) is 1.67. The Kier molecular flexibility index (Phi) is 3.90. The van der Waals surface area contributed by atoms with E-state index in [-0.39, 0.29) is 0 Å². The van der Waals surface area contributed by atoms with Crippen LogP contribution in [0.15, 0.2) is 5.38 Å². The minimum atomic E-state index is 0.517. The summed E-state index contributed by atoms with van der Waals surface area (Å²) in [5, 5.41) is 3.00. The van der Waals surface area contributed by atoms with E-state index in [2.05, 4.69) is 10.9 Å². The van der Waals surface area contributed by atoms with Gasteiger partial charge in [-0.05, 0) is 7.05 Å². The molecule has 70 valence electrons. The Morgan fingerprint density at radius 2 is 2.54 bits per heavy atom. The summed E-state index contributed by atoms with van der Waals surface area (Å²) in [5.41, 5.74) is 6.50. The first-order valence-corrected chi connectivity index (χ1v) is 4.89. The van der Waals surface area contributed by atoms with Gasteiger partial charge in [0.25, 0.3) is 0 Å². The van der Waals surface area contributed by atoms with Gasteiger partial charge in [-0.2, -0.15) is 0 Å². The van der Waals surface area contributed by atoms with Crippen molar-refractivity contribution in [1.29, 1.82) is 0 Å². The number of terminal acetylenes is 1. The molecule has 1 rings (SSSR count). The molecule has 13 heavy (non-hydrogen) atoms. The van der Waals surface area contributed by atoms with Crippen LogP contribution in [0.2, 0.25) is 0 Å². The van der Waals surface area contributed by atoms with Crippen molar-refractivity contribution in [3.8, 4) is 12.3 Å². The molecular formula is C9H13N3S. The Hall–Kier alpha value is -0.890. The molecule has 0 aliphatic heterocycles. The topological polar surface area (TPSA) is 42.1 Å². The maximum absolute atomic E-state index is 5.45. The van der Waals surface area contributed by atoms with Crippen molar-refractivity contribution in [1.82, 2.24) is 9.88 Å². The summed E-state index contributed by atoms with van der Waals surface area (Å²) >= 11 is 1.60. The van der Waals surface area contributed by atoms with Crippen LogP contribution in [-0.2, 0) is 13.1 Å². The van der Waals surface area contributed by atoms with Crippen molar-refractivity contribution in [2.75, 3.05) is 13.6 Å². The van der Waals surface area contributed by atoms with Crippen molar-refractivity contribution < 1.29 is 0 Å². The predicted octanol–water partition coefficient (Wildman–Crippen LogP) is 0.667. The van der Waals surface area contributed by atoms with Crippen LogP contribution in [0.3, 0.4) is 0 Å². The Bertz CT molecular complexity index is 300. The van der Waals surface area contributed by atoms with Gasteiger partial charge < -0.3 is 5.73 Å². The van der Waals surface area contributed by atoms with E-state index in [1.165, 1.54) is 0 Å². The molecule has 0 radical (unpaired) electrons. The second kappa shape index (κ2) is 4.97. The summed E-state index contributed by atoms with van der Waals surface area (Å²) in [6.07, 6.45) is 5.18. The van der Waals surface area contributed by atoms with E-state index in [4.69, 9.17) is 12.2 Å². The number of nitrogens with two attached hydrogens (primary N) is 1. The summed E-state index contributed by atoms with van der Waals surface area (Å²) < 4.78 is 0. The SMILES string of the molecule is C#CCN(C)Cc1csc(CN)n1. The van der Waals surface area contributed by atoms with E-state index in [0.717, 1.165) is 17.2 Å². The normalized spacial score (nSPS) is 10.3. The van der Waals surface area contributed by atoms with Crippen LogP contribution < -0.4 is 5.73 Å². The smallest absolute Gasteiger partial charge is 0.106 e. The van der Waals surface area contributed by atoms with E-state index >= 15 is 0 Å². The summed E-state index contributed by atoms with van der Waals surface area (Å²) in [7, 11) is 1.97. The average Bonchev–Trinajstić information content (AvgIpc) is 2.52. The standard InChI is InChI=1S/C9H13N3S/c1-3-4-12(2)6-8-7-13-9(5-10)11-8/h1,7H,4-6,10H2,2H3. The van der Waals surface area contributed by atoms with Crippen molar-refractivity contribution in [3.05, 3.63) is 16.1 Å². The zero-order valence-electron chi connectivity index (χ0n) is 7.66. The number of hydrogen-bond acceptors (Lipinski definition) is 4. The van der Waals surface area contributed by atoms with Gasteiger partial charge in [0.15, 0.2) is 0 Å². The van der Waals surface area contributed by atoms with Crippen molar-refractivity contribution in [2.45, 2.75) is 13.1 Å². The van der Waals surface area contributed by atoms with E-state index in [1.54, 1.807) is 11.3 Å². The van der Waals surface area contributed by atoms with E-state index < -0.39 is 0 Å².